The van der Waals surface area contributed by atoms with E-state index in [2.05, 4.69) is 0 Å². The van der Waals surface area contributed by atoms with Crippen LogP contribution < -0.4 is 14.2 Å². The molecule has 0 saturated heterocycles. The van der Waals surface area contributed by atoms with Gasteiger partial charge in [-0.3, -0.25) is 4.79 Å². The summed E-state index contributed by atoms with van der Waals surface area (Å²) >= 11 is 0. The van der Waals surface area contributed by atoms with Gasteiger partial charge in [0.05, 0.1) is 26.7 Å². The zero-order valence-corrected chi connectivity index (χ0v) is 13.8. The van der Waals surface area contributed by atoms with Gasteiger partial charge < -0.3 is 29.5 Å². The Balaban J connectivity index is 1.92. The number of benzene rings is 2. The molecular formula is C18H18O7. The number of fused-ring (bicyclic) bond motifs is 1. The van der Waals surface area contributed by atoms with Crippen molar-refractivity contribution >= 4 is 5.78 Å². The summed E-state index contributed by atoms with van der Waals surface area (Å²) in [4.78, 5) is 12.8. The summed E-state index contributed by atoms with van der Waals surface area (Å²) in [5.41, 5.74) is 0.537. The van der Waals surface area contributed by atoms with Gasteiger partial charge in [0.1, 0.15) is 22.8 Å². The van der Waals surface area contributed by atoms with Crippen molar-refractivity contribution in [3.63, 3.8) is 0 Å². The van der Waals surface area contributed by atoms with Crippen molar-refractivity contribution in [1.29, 1.82) is 0 Å². The summed E-state index contributed by atoms with van der Waals surface area (Å²) in [5, 5.41) is 29.9. The van der Waals surface area contributed by atoms with Gasteiger partial charge in [0.15, 0.2) is 17.3 Å². The van der Waals surface area contributed by atoms with E-state index in [1.807, 2.05) is 0 Å². The van der Waals surface area contributed by atoms with Crippen molar-refractivity contribution in [2.75, 3.05) is 20.8 Å². The topological polar surface area (TPSA) is 105 Å². The molecule has 0 amide bonds. The van der Waals surface area contributed by atoms with Crippen LogP contribution >= 0.6 is 0 Å². The summed E-state index contributed by atoms with van der Waals surface area (Å²) < 4.78 is 15.7. The molecule has 1 aliphatic rings. The lowest BCUT2D eigenvalue weighted by molar-refractivity contribution is 0.0820. The minimum Gasteiger partial charge on any atom is -0.508 e. The average Bonchev–Trinajstić information content (AvgIpc) is 2.58. The highest BCUT2D eigenvalue weighted by molar-refractivity contribution is 6.05. The van der Waals surface area contributed by atoms with Crippen LogP contribution in [0, 0.1) is 5.92 Å². The van der Waals surface area contributed by atoms with Gasteiger partial charge >= 0.3 is 0 Å². The molecular weight excluding hydrogens is 328 g/mol. The third kappa shape index (κ3) is 2.88. The minimum atomic E-state index is -0.591. The number of carbonyl (C=O) groups is 1. The zero-order chi connectivity index (χ0) is 18.1. The molecule has 2 aromatic carbocycles. The Labute approximate surface area is 144 Å². The second kappa shape index (κ2) is 6.43. The van der Waals surface area contributed by atoms with Crippen LogP contribution in [0.25, 0.3) is 0 Å². The lowest BCUT2D eigenvalue weighted by Gasteiger charge is -2.26. The summed E-state index contributed by atoms with van der Waals surface area (Å²) in [5.74, 6) is -1.05. The molecule has 1 aliphatic heterocycles. The quantitative estimate of drug-likeness (QED) is 0.780. The molecule has 0 bridgehead atoms. The van der Waals surface area contributed by atoms with Crippen LogP contribution in [-0.4, -0.2) is 41.9 Å². The number of carbonyl (C=O) groups excluding carboxylic acids is 1. The Bertz CT molecular complexity index is 829. The van der Waals surface area contributed by atoms with Crippen LogP contribution in [-0.2, 0) is 6.42 Å². The van der Waals surface area contributed by atoms with Gasteiger partial charge in [-0.2, -0.15) is 0 Å². The largest absolute Gasteiger partial charge is 0.508 e. The average molecular weight is 346 g/mol. The third-order valence-electron chi connectivity index (χ3n) is 4.20. The van der Waals surface area contributed by atoms with Crippen molar-refractivity contribution in [1.82, 2.24) is 0 Å². The van der Waals surface area contributed by atoms with Crippen molar-refractivity contribution < 1.29 is 34.3 Å². The molecule has 0 aromatic heterocycles. The Hall–Kier alpha value is -3.09. The zero-order valence-electron chi connectivity index (χ0n) is 13.8. The van der Waals surface area contributed by atoms with Crippen LogP contribution in [0.3, 0.4) is 0 Å². The molecule has 2 aromatic rings. The van der Waals surface area contributed by atoms with E-state index in [-0.39, 0.29) is 53.1 Å². The van der Waals surface area contributed by atoms with Gasteiger partial charge in [-0.15, -0.1) is 0 Å². The fourth-order valence-electron chi connectivity index (χ4n) is 2.91. The number of hydrogen-bond donors (Lipinski definition) is 3. The van der Waals surface area contributed by atoms with E-state index >= 15 is 0 Å². The Morgan fingerprint density at radius 2 is 1.84 bits per heavy atom. The first-order chi connectivity index (χ1) is 12.0. The predicted octanol–water partition coefficient (Wildman–Crippen LogP) is 2.25. The molecule has 0 unspecified atom stereocenters. The number of methoxy groups -OCH3 is 2. The normalized spacial score (nSPS) is 16.1. The SMILES string of the molecule is COc1ccc(C[C@@H]2COc3c(OC)c(O)cc(O)c3C2=O)c(O)c1. The van der Waals surface area contributed by atoms with E-state index in [1.54, 1.807) is 12.1 Å². The molecule has 0 spiro atoms. The van der Waals surface area contributed by atoms with E-state index < -0.39 is 5.92 Å². The van der Waals surface area contributed by atoms with Gasteiger partial charge in [-0.05, 0) is 18.1 Å². The maximum absolute atomic E-state index is 12.8. The van der Waals surface area contributed by atoms with Gasteiger partial charge in [-0.25, -0.2) is 0 Å². The van der Waals surface area contributed by atoms with Crippen LogP contribution in [0.15, 0.2) is 24.3 Å². The van der Waals surface area contributed by atoms with Crippen LogP contribution in [0.2, 0.25) is 0 Å². The molecule has 7 heteroatoms. The summed E-state index contributed by atoms with van der Waals surface area (Å²) in [7, 11) is 2.83. The summed E-state index contributed by atoms with van der Waals surface area (Å²) in [6.45, 7) is 0.0382. The van der Waals surface area contributed by atoms with Crippen molar-refractivity contribution in [2.24, 2.45) is 5.92 Å². The van der Waals surface area contributed by atoms with Crippen molar-refractivity contribution in [2.45, 2.75) is 6.42 Å². The molecule has 25 heavy (non-hydrogen) atoms. The summed E-state index contributed by atoms with van der Waals surface area (Å²) in [6, 6.07) is 5.88. The number of aromatic hydroxyl groups is 3. The molecule has 3 rings (SSSR count). The lowest BCUT2D eigenvalue weighted by atomic mass is 9.88. The molecule has 3 N–H and O–H groups in total. The fourth-order valence-corrected chi connectivity index (χ4v) is 2.91. The number of Topliss-reactive ketones (excluding diaryl/α,β-unsaturated/α-hetero) is 1. The number of ketones is 1. The molecule has 1 heterocycles. The van der Waals surface area contributed by atoms with E-state index in [1.165, 1.54) is 20.3 Å². The maximum atomic E-state index is 12.8. The van der Waals surface area contributed by atoms with Crippen molar-refractivity contribution in [3.8, 4) is 34.5 Å². The van der Waals surface area contributed by atoms with Gasteiger partial charge in [0.25, 0.3) is 0 Å². The van der Waals surface area contributed by atoms with E-state index in [0.29, 0.717) is 11.3 Å². The minimum absolute atomic E-state index is 0.00638. The standard InChI is InChI=1S/C18H18O7/c1-23-11-4-3-9(12(19)6-11)5-10-8-25-18-15(16(10)22)13(20)7-14(21)17(18)24-2/h3-4,6-7,10,19-21H,5,8H2,1-2H3/t10-/m1/s1. The molecule has 0 saturated carbocycles. The van der Waals surface area contributed by atoms with Crippen LogP contribution in [0.5, 0.6) is 34.5 Å². The van der Waals surface area contributed by atoms with E-state index in [0.717, 1.165) is 6.07 Å². The van der Waals surface area contributed by atoms with Gasteiger partial charge in [0.2, 0.25) is 5.75 Å². The second-order valence-corrected chi connectivity index (χ2v) is 5.72. The van der Waals surface area contributed by atoms with Gasteiger partial charge in [-0.1, -0.05) is 6.07 Å². The number of rotatable bonds is 4. The van der Waals surface area contributed by atoms with E-state index in [4.69, 9.17) is 14.2 Å². The number of ether oxygens (including phenoxy) is 3. The van der Waals surface area contributed by atoms with Crippen molar-refractivity contribution in [3.05, 3.63) is 35.4 Å². The highest BCUT2D eigenvalue weighted by atomic mass is 16.5. The second-order valence-electron chi connectivity index (χ2n) is 5.72. The Kier molecular flexibility index (Phi) is 4.31. The molecule has 7 nitrogen and oxygen atoms in total. The first kappa shape index (κ1) is 16.8. The van der Waals surface area contributed by atoms with Gasteiger partial charge in [0, 0.05) is 12.1 Å². The van der Waals surface area contributed by atoms with E-state index in [9.17, 15) is 20.1 Å². The molecule has 0 aliphatic carbocycles. The van der Waals surface area contributed by atoms with Crippen LogP contribution in [0.1, 0.15) is 15.9 Å². The number of phenolic OH excluding ortho intramolecular Hbond substituents is 3. The highest BCUT2D eigenvalue weighted by Gasteiger charge is 2.35. The molecule has 0 fully saturated rings. The fraction of sp³-hybridized carbons (Fsp3) is 0.278. The maximum Gasteiger partial charge on any atom is 0.204 e. The number of phenols is 3. The molecule has 0 radical (unpaired) electrons. The summed E-state index contributed by atoms with van der Waals surface area (Å²) in [6.07, 6.45) is 0.233. The highest BCUT2D eigenvalue weighted by Crippen LogP contribution is 2.47. The first-order valence-electron chi connectivity index (χ1n) is 7.62. The van der Waals surface area contributed by atoms with Crippen LogP contribution in [0.4, 0.5) is 0 Å². The Morgan fingerprint density at radius 3 is 2.48 bits per heavy atom. The molecule has 1 atom stereocenters. The Morgan fingerprint density at radius 1 is 1.08 bits per heavy atom. The number of hydrogen-bond acceptors (Lipinski definition) is 7. The third-order valence-corrected chi connectivity index (χ3v) is 4.20. The smallest absolute Gasteiger partial charge is 0.204 e. The lowest BCUT2D eigenvalue weighted by Crippen LogP contribution is -2.30. The predicted molar refractivity (Wildman–Crippen MR) is 88.0 cm³/mol. The first-order valence-corrected chi connectivity index (χ1v) is 7.62. The molecule has 132 valence electrons. The monoisotopic (exact) mass is 346 g/mol.